The van der Waals surface area contributed by atoms with E-state index in [0.29, 0.717) is 6.42 Å². The number of carbonyl (C=O) groups excluding carboxylic acids is 3. The van der Waals surface area contributed by atoms with Crippen molar-refractivity contribution < 1.29 is 29.0 Å². The minimum Gasteiger partial charge on any atom is -0.460 e. The monoisotopic (exact) mass is 414 g/mol. The maximum Gasteiger partial charge on any atom is 0.411 e. The van der Waals surface area contributed by atoms with Gasteiger partial charge in [0, 0.05) is 13.1 Å². The summed E-state index contributed by atoms with van der Waals surface area (Å²) in [6, 6.07) is -1.38. The predicted octanol–water partition coefficient (Wildman–Crippen LogP) is 2.57. The van der Waals surface area contributed by atoms with Crippen molar-refractivity contribution in [1.29, 1.82) is 0 Å². The molecule has 0 radical (unpaired) electrons. The van der Waals surface area contributed by atoms with Crippen LogP contribution in [-0.4, -0.2) is 75.9 Å². The van der Waals surface area contributed by atoms with Crippen LogP contribution in [0.15, 0.2) is 0 Å². The van der Waals surface area contributed by atoms with E-state index in [-0.39, 0.29) is 44.0 Å². The Hall–Kier alpha value is -1.83. The number of nitrogens with zero attached hydrogens (tertiary/aromatic N) is 2. The average Bonchev–Trinajstić information content (AvgIpc) is 2.51. The lowest BCUT2D eigenvalue weighted by Crippen LogP contribution is -2.62. The van der Waals surface area contributed by atoms with E-state index in [1.54, 1.807) is 46.4 Å². The number of ether oxygens (including phenoxy) is 2. The van der Waals surface area contributed by atoms with Crippen molar-refractivity contribution in [3.63, 3.8) is 0 Å². The molecule has 1 heterocycles. The highest BCUT2D eigenvalue weighted by atomic mass is 16.6. The summed E-state index contributed by atoms with van der Waals surface area (Å²) in [6.07, 6.45) is -0.261. The van der Waals surface area contributed by atoms with Crippen molar-refractivity contribution in [3.8, 4) is 0 Å². The normalized spacial score (nSPS) is 19.4. The van der Waals surface area contributed by atoms with E-state index in [0.717, 1.165) is 0 Å². The second-order valence-electron chi connectivity index (χ2n) is 9.98. The lowest BCUT2D eigenvalue weighted by Gasteiger charge is -2.43. The largest absolute Gasteiger partial charge is 0.460 e. The van der Waals surface area contributed by atoms with Crippen LogP contribution in [0.1, 0.15) is 68.2 Å². The first-order chi connectivity index (χ1) is 13.1. The van der Waals surface area contributed by atoms with Crippen molar-refractivity contribution in [1.82, 2.24) is 9.80 Å². The van der Waals surface area contributed by atoms with Gasteiger partial charge >= 0.3 is 12.1 Å². The first-order valence-electron chi connectivity index (χ1n) is 10.3. The number of carbonyl (C=O) groups is 3. The maximum absolute atomic E-state index is 13.2. The van der Waals surface area contributed by atoms with Gasteiger partial charge in [-0.15, -0.1) is 0 Å². The molecule has 0 aliphatic carbocycles. The standard InChI is InChI=1S/C21H38N2O6/c1-14(2)11-15(13-24)22-9-10-23(19(27)29-21(6,7)8)16(18(22)26)12-17(25)28-20(3,4)5/h14-16,24H,9-13H2,1-8H3/t15-,16-/m0/s1. The fraction of sp³-hybridized carbons (Fsp3) is 0.857. The van der Waals surface area contributed by atoms with Crippen molar-refractivity contribution >= 4 is 18.0 Å². The molecule has 0 aromatic rings. The van der Waals surface area contributed by atoms with Gasteiger partial charge in [-0.05, 0) is 53.9 Å². The molecule has 8 heteroatoms. The second kappa shape index (κ2) is 9.78. The van der Waals surface area contributed by atoms with E-state index in [2.05, 4.69) is 0 Å². The molecular formula is C21H38N2O6. The summed E-state index contributed by atoms with van der Waals surface area (Å²) in [6.45, 7) is 14.8. The van der Waals surface area contributed by atoms with Crippen LogP contribution in [0.3, 0.4) is 0 Å². The van der Waals surface area contributed by atoms with Gasteiger partial charge < -0.3 is 19.5 Å². The van der Waals surface area contributed by atoms with Gasteiger partial charge in [0.15, 0.2) is 0 Å². The Balaban J connectivity index is 3.10. The van der Waals surface area contributed by atoms with Crippen LogP contribution >= 0.6 is 0 Å². The zero-order chi connectivity index (χ0) is 22.6. The van der Waals surface area contributed by atoms with Crippen LogP contribution in [-0.2, 0) is 19.1 Å². The third kappa shape index (κ3) is 8.20. The minimum absolute atomic E-state index is 0.171. The van der Waals surface area contributed by atoms with Crippen LogP contribution < -0.4 is 0 Å². The molecule has 29 heavy (non-hydrogen) atoms. The first kappa shape index (κ1) is 25.2. The van der Waals surface area contributed by atoms with E-state index >= 15 is 0 Å². The van der Waals surface area contributed by atoms with Gasteiger partial charge in [0.2, 0.25) is 5.91 Å². The Morgan fingerprint density at radius 1 is 1.07 bits per heavy atom. The van der Waals surface area contributed by atoms with Gasteiger partial charge in [0.05, 0.1) is 19.1 Å². The third-order valence-corrected chi connectivity index (χ3v) is 4.33. The fourth-order valence-electron chi connectivity index (χ4n) is 3.29. The molecule has 1 fully saturated rings. The van der Waals surface area contributed by atoms with Gasteiger partial charge in [-0.3, -0.25) is 14.5 Å². The number of piperazine rings is 1. The lowest BCUT2D eigenvalue weighted by atomic mass is 9.99. The van der Waals surface area contributed by atoms with Crippen LogP contribution in [0.25, 0.3) is 0 Å². The number of amides is 2. The van der Waals surface area contributed by atoms with Crippen LogP contribution in [0, 0.1) is 5.92 Å². The van der Waals surface area contributed by atoms with Crippen LogP contribution in [0.2, 0.25) is 0 Å². The van der Waals surface area contributed by atoms with E-state index in [1.807, 2.05) is 13.8 Å². The molecule has 1 saturated heterocycles. The summed E-state index contributed by atoms with van der Waals surface area (Å²) < 4.78 is 10.8. The second-order valence-corrected chi connectivity index (χ2v) is 9.98. The van der Waals surface area contributed by atoms with Crippen molar-refractivity contribution in [2.75, 3.05) is 19.7 Å². The molecule has 168 valence electrons. The number of aliphatic hydroxyl groups is 1. The minimum atomic E-state index is -1.02. The van der Waals surface area contributed by atoms with Crippen molar-refractivity contribution in [3.05, 3.63) is 0 Å². The number of hydrogen-bond acceptors (Lipinski definition) is 6. The van der Waals surface area contributed by atoms with Crippen molar-refractivity contribution in [2.45, 2.75) is 91.5 Å². The molecule has 1 N–H and O–H groups in total. The molecule has 2 amide bonds. The molecule has 2 atom stereocenters. The summed E-state index contributed by atoms with van der Waals surface area (Å²) >= 11 is 0. The molecule has 0 unspecified atom stereocenters. The molecule has 1 aliphatic heterocycles. The summed E-state index contributed by atoms with van der Waals surface area (Å²) in [4.78, 5) is 41.2. The number of hydrogen-bond donors (Lipinski definition) is 1. The maximum atomic E-state index is 13.2. The molecule has 8 nitrogen and oxygen atoms in total. The average molecular weight is 415 g/mol. The molecule has 1 aliphatic rings. The van der Waals surface area contributed by atoms with E-state index in [4.69, 9.17) is 9.47 Å². The molecule has 0 spiro atoms. The van der Waals surface area contributed by atoms with Gasteiger partial charge in [0.1, 0.15) is 17.2 Å². The van der Waals surface area contributed by atoms with Gasteiger partial charge in [-0.2, -0.15) is 0 Å². The Kier molecular flexibility index (Phi) is 8.50. The number of esters is 1. The highest BCUT2D eigenvalue weighted by Gasteiger charge is 2.43. The molecule has 0 saturated carbocycles. The number of aliphatic hydroxyl groups excluding tert-OH is 1. The topological polar surface area (TPSA) is 96.4 Å². The summed E-state index contributed by atoms with van der Waals surface area (Å²) in [5.41, 5.74) is -1.42. The van der Waals surface area contributed by atoms with Crippen LogP contribution in [0.4, 0.5) is 4.79 Å². The van der Waals surface area contributed by atoms with E-state index in [9.17, 15) is 19.5 Å². The first-order valence-corrected chi connectivity index (χ1v) is 10.3. The molecule has 0 aromatic heterocycles. The smallest absolute Gasteiger partial charge is 0.411 e. The Morgan fingerprint density at radius 3 is 2.07 bits per heavy atom. The zero-order valence-corrected chi connectivity index (χ0v) is 19.2. The summed E-state index contributed by atoms with van der Waals surface area (Å²) in [7, 11) is 0. The summed E-state index contributed by atoms with van der Waals surface area (Å²) in [5, 5.41) is 9.80. The Labute approximate surface area is 174 Å². The molecule has 1 rings (SSSR count). The van der Waals surface area contributed by atoms with E-state index in [1.165, 1.54) is 4.90 Å². The highest BCUT2D eigenvalue weighted by molar-refractivity contribution is 5.91. The summed E-state index contributed by atoms with van der Waals surface area (Å²) in [5.74, 6) is -0.642. The number of rotatable bonds is 6. The third-order valence-electron chi connectivity index (χ3n) is 4.33. The zero-order valence-electron chi connectivity index (χ0n) is 19.2. The molecule has 0 aromatic carbocycles. The van der Waals surface area contributed by atoms with Gasteiger partial charge in [-0.25, -0.2) is 4.79 Å². The fourth-order valence-corrected chi connectivity index (χ4v) is 3.29. The SMILES string of the molecule is CC(C)C[C@@H](CO)N1CCN(C(=O)OC(C)(C)C)[C@@H](CC(=O)OC(C)(C)C)C1=O. The van der Waals surface area contributed by atoms with Crippen LogP contribution in [0.5, 0.6) is 0 Å². The molecule has 0 bridgehead atoms. The van der Waals surface area contributed by atoms with Gasteiger partial charge in [0.25, 0.3) is 0 Å². The van der Waals surface area contributed by atoms with Gasteiger partial charge in [-0.1, -0.05) is 13.8 Å². The predicted molar refractivity (Wildman–Crippen MR) is 109 cm³/mol. The van der Waals surface area contributed by atoms with Crippen molar-refractivity contribution in [2.24, 2.45) is 5.92 Å². The quantitative estimate of drug-likeness (QED) is 0.671. The lowest BCUT2D eigenvalue weighted by molar-refractivity contribution is -0.161. The highest BCUT2D eigenvalue weighted by Crippen LogP contribution is 2.23. The van der Waals surface area contributed by atoms with E-state index < -0.39 is 29.3 Å². The Bertz CT molecular complexity index is 591. The molecular weight excluding hydrogens is 376 g/mol. The Morgan fingerprint density at radius 2 is 1.62 bits per heavy atom.